The van der Waals surface area contributed by atoms with Crippen LogP contribution in [0.3, 0.4) is 0 Å². The average molecular weight is 246 g/mol. The van der Waals surface area contributed by atoms with E-state index in [1.54, 1.807) is 0 Å². The summed E-state index contributed by atoms with van der Waals surface area (Å²) in [5.41, 5.74) is 1.37. The monoisotopic (exact) mass is 246 g/mol. The minimum atomic E-state index is 0.333. The van der Waals surface area contributed by atoms with E-state index in [0.29, 0.717) is 5.91 Å². The summed E-state index contributed by atoms with van der Waals surface area (Å²) in [5.74, 6) is 0.333. The van der Waals surface area contributed by atoms with Gasteiger partial charge in [0.05, 0.1) is 0 Å². The predicted molar refractivity (Wildman–Crippen MR) is 73.4 cm³/mol. The first-order valence-corrected chi connectivity index (χ1v) is 6.89. The molecule has 3 nitrogen and oxygen atoms in total. The van der Waals surface area contributed by atoms with Gasteiger partial charge in [0, 0.05) is 19.5 Å². The highest BCUT2D eigenvalue weighted by atomic mass is 16.2. The SMILES string of the molecule is O=C1CCCN1CCCNCCc1ccccc1. The van der Waals surface area contributed by atoms with Gasteiger partial charge in [-0.15, -0.1) is 0 Å². The van der Waals surface area contributed by atoms with E-state index in [1.807, 2.05) is 11.0 Å². The minimum Gasteiger partial charge on any atom is -0.343 e. The van der Waals surface area contributed by atoms with E-state index in [4.69, 9.17) is 0 Å². The van der Waals surface area contributed by atoms with E-state index >= 15 is 0 Å². The summed E-state index contributed by atoms with van der Waals surface area (Å²) in [7, 11) is 0. The van der Waals surface area contributed by atoms with Crippen molar-refractivity contribution in [1.29, 1.82) is 0 Å². The molecule has 1 aromatic rings. The maximum atomic E-state index is 11.4. The Morgan fingerprint density at radius 2 is 2.00 bits per heavy atom. The molecular weight excluding hydrogens is 224 g/mol. The molecule has 98 valence electrons. The molecule has 0 spiro atoms. The van der Waals surface area contributed by atoms with Gasteiger partial charge in [-0.3, -0.25) is 4.79 Å². The molecule has 0 aromatic heterocycles. The number of benzene rings is 1. The third-order valence-electron chi connectivity index (χ3n) is 3.39. The Balaban J connectivity index is 1.50. The fraction of sp³-hybridized carbons (Fsp3) is 0.533. The van der Waals surface area contributed by atoms with Crippen molar-refractivity contribution in [3.05, 3.63) is 35.9 Å². The van der Waals surface area contributed by atoms with Crippen LogP contribution in [-0.4, -0.2) is 37.0 Å². The van der Waals surface area contributed by atoms with Crippen LogP contribution in [0.4, 0.5) is 0 Å². The van der Waals surface area contributed by atoms with Crippen LogP contribution in [0.15, 0.2) is 30.3 Å². The van der Waals surface area contributed by atoms with Crippen LogP contribution in [0.1, 0.15) is 24.8 Å². The summed E-state index contributed by atoms with van der Waals surface area (Å²) >= 11 is 0. The molecule has 1 N–H and O–H groups in total. The molecule has 0 radical (unpaired) electrons. The first-order chi connectivity index (χ1) is 8.86. The normalized spacial score (nSPS) is 15.3. The van der Waals surface area contributed by atoms with E-state index in [0.717, 1.165) is 51.9 Å². The largest absolute Gasteiger partial charge is 0.343 e. The molecule has 1 fully saturated rings. The van der Waals surface area contributed by atoms with Crippen LogP contribution in [0.25, 0.3) is 0 Å². The Bertz CT molecular complexity index is 364. The second-order valence-electron chi connectivity index (χ2n) is 4.82. The number of hydrogen-bond donors (Lipinski definition) is 1. The molecule has 1 aromatic carbocycles. The second-order valence-corrected chi connectivity index (χ2v) is 4.82. The first-order valence-electron chi connectivity index (χ1n) is 6.89. The molecule has 0 bridgehead atoms. The van der Waals surface area contributed by atoms with Crippen LogP contribution in [0.5, 0.6) is 0 Å². The van der Waals surface area contributed by atoms with E-state index in [9.17, 15) is 4.79 Å². The topological polar surface area (TPSA) is 32.3 Å². The summed E-state index contributed by atoms with van der Waals surface area (Å²) in [5, 5.41) is 3.43. The molecule has 3 heteroatoms. The van der Waals surface area contributed by atoms with E-state index < -0.39 is 0 Å². The van der Waals surface area contributed by atoms with E-state index in [1.165, 1.54) is 5.56 Å². The molecule has 1 heterocycles. The van der Waals surface area contributed by atoms with Crippen molar-refractivity contribution in [2.24, 2.45) is 0 Å². The van der Waals surface area contributed by atoms with Crippen molar-refractivity contribution >= 4 is 5.91 Å². The van der Waals surface area contributed by atoms with Crippen molar-refractivity contribution in [2.45, 2.75) is 25.7 Å². The lowest BCUT2D eigenvalue weighted by atomic mass is 10.1. The van der Waals surface area contributed by atoms with Gasteiger partial charge in [0.1, 0.15) is 0 Å². The fourth-order valence-electron chi connectivity index (χ4n) is 2.34. The van der Waals surface area contributed by atoms with E-state index in [2.05, 4.69) is 29.6 Å². The Morgan fingerprint density at radius 3 is 2.72 bits per heavy atom. The molecule has 18 heavy (non-hydrogen) atoms. The van der Waals surface area contributed by atoms with Crippen molar-refractivity contribution in [1.82, 2.24) is 10.2 Å². The molecule has 0 saturated carbocycles. The number of likely N-dealkylation sites (tertiary alicyclic amines) is 1. The second kappa shape index (κ2) is 7.17. The maximum Gasteiger partial charge on any atom is 0.222 e. The predicted octanol–water partition coefficient (Wildman–Crippen LogP) is 1.83. The third-order valence-corrected chi connectivity index (χ3v) is 3.39. The van der Waals surface area contributed by atoms with Gasteiger partial charge in [0.25, 0.3) is 0 Å². The van der Waals surface area contributed by atoms with Crippen LogP contribution < -0.4 is 5.32 Å². The molecule has 2 rings (SSSR count). The molecule has 1 aliphatic heterocycles. The number of rotatable bonds is 7. The Kier molecular flexibility index (Phi) is 5.21. The van der Waals surface area contributed by atoms with Crippen LogP contribution in [-0.2, 0) is 11.2 Å². The Labute approximate surface area is 109 Å². The molecule has 0 unspecified atom stereocenters. The summed E-state index contributed by atoms with van der Waals surface area (Å²) in [6.45, 7) is 3.88. The number of carbonyl (C=O) groups is 1. The van der Waals surface area contributed by atoms with Crippen molar-refractivity contribution in [3.63, 3.8) is 0 Å². The van der Waals surface area contributed by atoms with Gasteiger partial charge in [0.2, 0.25) is 5.91 Å². The summed E-state index contributed by atoms with van der Waals surface area (Å²) < 4.78 is 0. The maximum absolute atomic E-state index is 11.4. The first kappa shape index (κ1) is 13.1. The number of amides is 1. The molecule has 1 amide bonds. The van der Waals surface area contributed by atoms with Gasteiger partial charge in [-0.25, -0.2) is 0 Å². The van der Waals surface area contributed by atoms with Gasteiger partial charge in [-0.2, -0.15) is 0 Å². The lowest BCUT2D eigenvalue weighted by Gasteiger charge is -2.15. The zero-order valence-electron chi connectivity index (χ0n) is 10.9. The molecule has 0 atom stereocenters. The third kappa shape index (κ3) is 4.15. The van der Waals surface area contributed by atoms with Gasteiger partial charge < -0.3 is 10.2 Å². The summed E-state index contributed by atoms with van der Waals surface area (Å²) in [6.07, 6.45) is 3.92. The molecule has 1 aliphatic rings. The highest BCUT2D eigenvalue weighted by molar-refractivity contribution is 5.77. The zero-order valence-corrected chi connectivity index (χ0v) is 10.9. The highest BCUT2D eigenvalue weighted by Crippen LogP contribution is 2.09. The van der Waals surface area contributed by atoms with Gasteiger partial charge in [0.15, 0.2) is 0 Å². The standard InChI is InChI=1S/C15H22N2O/c18-15-8-4-12-17(15)13-5-10-16-11-9-14-6-2-1-3-7-14/h1-3,6-7,16H,4-5,8-13H2. The van der Waals surface area contributed by atoms with Crippen LogP contribution in [0, 0.1) is 0 Å². The number of nitrogens with zero attached hydrogens (tertiary/aromatic N) is 1. The number of nitrogens with one attached hydrogen (secondary N) is 1. The summed E-state index contributed by atoms with van der Waals surface area (Å²) in [6, 6.07) is 10.5. The van der Waals surface area contributed by atoms with Crippen molar-refractivity contribution < 1.29 is 4.79 Å². The zero-order chi connectivity index (χ0) is 12.6. The van der Waals surface area contributed by atoms with Crippen molar-refractivity contribution in [2.75, 3.05) is 26.2 Å². The van der Waals surface area contributed by atoms with Crippen LogP contribution in [0.2, 0.25) is 0 Å². The van der Waals surface area contributed by atoms with Crippen LogP contribution >= 0.6 is 0 Å². The van der Waals surface area contributed by atoms with Gasteiger partial charge in [-0.05, 0) is 37.9 Å². The summed E-state index contributed by atoms with van der Waals surface area (Å²) in [4.78, 5) is 13.4. The van der Waals surface area contributed by atoms with Crippen molar-refractivity contribution in [3.8, 4) is 0 Å². The number of carbonyl (C=O) groups excluding carboxylic acids is 1. The molecule has 1 saturated heterocycles. The van der Waals surface area contributed by atoms with Gasteiger partial charge in [-0.1, -0.05) is 30.3 Å². The fourth-order valence-corrected chi connectivity index (χ4v) is 2.34. The minimum absolute atomic E-state index is 0.333. The molecular formula is C15H22N2O. The lowest BCUT2D eigenvalue weighted by Crippen LogP contribution is -2.28. The number of hydrogen-bond acceptors (Lipinski definition) is 2. The average Bonchev–Trinajstić information content (AvgIpc) is 2.81. The smallest absolute Gasteiger partial charge is 0.222 e. The quantitative estimate of drug-likeness (QED) is 0.744. The highest BCUT2D eigenvalue weighted by Gasteiger charge is 2.18. The Hall–Kier alpha value is -1.35. The Morgan fingerprint density at radius 1 is 1.17 bits per heavy atom. The lowest BCUT2D eigenvalue weighted by molar-refractivity contribution is -0.127. The molecule has 0 aliphatic carbocycles. The van der Waals surface area contributed by atoms with E-state index in [-0.39, 0.29) is 0 Å². The van der Waals surface area contributed by atoms with Gasteiger partial charge >= 0.3 is 0 Å².